The van der Waals surface area contributed by atoms with Crippen molar-refractivity contribution < 1.29 is 14.3 Å². The Morgan fingerprint density at radius 2 is 2.18 bits per heavy atom. The average Bonchev–Trinajstić information content (AvgIpc) is 3.11. The molecule has 142 valence electrons. The number of nitriles is 1. The molecule has 3 aliphatic rings. The normalized spacial score (nSPS) is 27.0. The van der Waals surface area contributed by atoms with Crippen molar-refractivity contribution in [3.8, 4) is 6.07 Å². The van der Waals surface area contributed by atoms with Gasteiger partial charge in [-0.1, -0.05) is 18.2 Å². The van der Waals surface area contributed by atoms with E-state index in [1.54, 1.807) is 0 Å². The topological polar surface area (TPSA) is 86.2 Å². The fourth-order valence-electron chi connectivity index (χ4n) is 5.31. The van der Waals surface area contributed by atoms with Crippen molar-refractivity contribution in [1.82, 2.24) is 9.88 Å². The predicted octanol–water partition coefficient (Wildman–Crippen LogP) is 2.81. The fourth-order valence-corrected chi connectivity index (χ4v) is 5.31. The maximum Gasteiger partial charge on any atom is 0.341 e. The number of H-pyrrole nitrogens is 1. The summed E-state index contributed by atoms with van der Waals surface area (Å²) in [7, 11) is 1.29. The van der Waals surface area contributed by atoms with E-state index in [1.165, 1.54) is 18.1 Å². The summed E-state index contributed by atoms with van der Waals surface area (Å²) in [5, 5.41) is 11.3. The number of piperidine rings is 1. The Hall–Kier alpha value is -2.91. The molecule has 0 radical (unpaired) electrons. The number of esters is 1. The van der Waals surface area contributed by atoms with Crippen LogP contribution in [0.4, 0.5) is 0 Å². The number of rotatable bonds is 1. The molecule has 0 spiro atoms. The molecule has 6 nitrogen and oxygen atoms in total. The second kappa shape index (κ2) is 6.05. The predicted molar refractivity (Wildman–Crippen MR) is 102 cm³/mol. The number of nitrogens with one attached hydrogen (secondary N) is 1. The molecule has 2 aromatic rings. The van der Waals surface area contributed by atoms with Gasteiger partial charge in [-0.2, -0.15) is 5.26 Å². The maximum absolute atomic E-state index is 12.6. The van der Waals surface area contributed by atoms with Crippen LogP contribution in [0, 0.1) is 16.7 Å². The zero-order chi connectivity index (χ0) is 19.5. The van der Waals surface area contributed by atoms with Crippen molar-refractivity contribution in [2.24, 2.45) is 5.41 Å². The number of Topliss-reactive ketones (excluding diaryl/α,β-unsaturated/α-hetero) is 1. The lowest BCUT2D eigenvalue weighted by Crippen LogP contribution is -2.51. The number of carbonyl (C=O) groups excluding carboxylic acids is 2. The number of carbonyl (C=O) groups is 2. The molecule has 1 aromatic heterocycles. The average molecular weight is 375 g/mol. The molecule has 2 aliphatic heterocycles. The number of aromatic nitrogens is 1. The van der Waals surface area contributed by atoms with Crippen molar-refractivity contribution in [1.29, 1.82) is 5.26 Å². The number of benzene rings is 1. The SMILES string of the molecule is COC(=O)C1=C2C[C@H]3c4[nH]c5ccccc5c4CCN3C[C@@]2(C#N)CCC1=O. The van der Waals surface area contributed by atoms with Crippen molar-refractivity contribution in [2.45, 2.75) is 31.7 Å². The summed E-state index contributed by atoms with van der Waals surface area (Å²) >= 11 is 0. The molecule has 2 atom stereocenters. The van der Waals surface area contributed by atoms with Crippen LogP contribution in [0.3, 0.4) is 0 Å². The van der Waals surface area contributed by atoms with Gasteiger partial charge in [0.15, 0.2) is 5.78 Å². The van der Waals surface area contributed by atoms with Gasteiger partial charge < -0.3 is 9.72 Å². The zero-order valence-electron chi connectivity index (χ0n) is 15.7. The Bertz CT molecular complexity index is 1090. The van der Waals surface area contributed by atoms with Crippen LogP contribution in [0.2, 0.25) is 0 Å². The highest BCUT2D eigenvalue weighted by Crippen LogP contribution is 2.52. The van der Waals surface area contributed by atoms with Crippen molar-refractivity contribution in [3.05, 3.63) is 46.7 Å². The van der Waals surface area contributed by atoms with Crippen molar-refractivity contribution >= 4 is 22.7 Å². The van der Waals surface area contributed by atoms with Crippen LogP contribution in [-0.2, 0) is 20.7 Å². The first kappa shape index (κ1) is 17.2. The summed E-state index contributed by atoms with van der Waals surface area (Å²) in [6.45, 7) is 1.42. The van der Waals surface area contributed by atoms with Crippen LogP contribution in [-0.4, -0.2) is 41.8 Å². The quantitative estimate of drug-likeness (QED) is 0.612. The molecule has 0 unspecified atom stereocenters. The Morgan fingerprint density at radius 1 is 1.36 bits per heavy atom. The third kappa shape index (κ3) is 2.23. The molecule has 1 fully saturated rings. The van der Waals surface area contributed by atoms with Gasteiger partial charge in [-0.15, -0.1) is 0 Å². The molecule has 1 aromatic carbocycles. The number of hydrogen-bond acceptors (Lipinski definition) is 5. The third-order valence-electron chi connectivity index (χ3n) is 6.68. The van der Waals surface area contributed by atoms with E-state index in [-0.39, 0.29) is 23.8 Å². The molecule has 28 heavy (non-hydrogen) atoms. The molecule has 1 aliphatic carbocycles. The van der Waals surface area contributed by atoms with Crippen LogP contribution in [0.25, 0.3) is 10.9 Å². The summed E-state index contributed by atoms with van der Waals surface area (Å²) in [5.41, 5.74) is 3.56. The van der Waals surface area contributed by atoms with E-state index >= 15 is 0 Å². The van der Waals surface area contributed by atoms with E-state index in [1.807, 2.05) is 12.1 Å². The first-order valence-electron chi connectivity index (χ1n) is 9.68. The van der Waals surface area contributed by atoms with E-state index in [0.29, 0.717) is 25.0 Å². The van der Waals surface area contributed by atoms with Gasteiger partial charge in [0.2, 0.25) is 0 Å². The molecule has 1 saturated heterocycles. The molecule has 0 bridgehead atoms. The number of ether oxygens (including phenoxy) is 1. The van der Waals surface area contributed by atoms with Crippen LogP contribution in [0.1, 0.15) is 36.6 Å². The van der Waals surface area contributed by atoms with Crippen LogP contribution < -0.4 is 0 Å². The Balaban J connectivity index is 1.67. The number of methoxy groups -OCH3 is 1. The molecule has 5 rings (SSSR count). The molecule has 6 heteroatoms. The molecular weight excluding hydrogens is 354 g/mol. The number of para-hydroxylation sites is 1. The van der Waals surface area contributed by atoms with Crippen LogP contribution in [0.15, 0.2) is 35.4 Å². The summed E-state index contributed by atoms with van der Waals surface area (Å²) in [6, 6.07) is 10.8. The van der Waals surface area contributed by atoms with Crippen LogP contribution >= 0.6 is 0 Å². The van der Waals surface area contributed by atoms with Crippen LogP contribution in [0.5, 0.6) is 0 Å². The largest absolute Gasteiger partial charge is 0.465 e. The van der Waals surface area contributed by atoms with Gasteiger partial charge in [-0.3, -0.25) is 9.69 Å². The first-order chi connectivity index (χ1) is 13.6. The third-order valence-corrected chi connectivity index (χ3v) is 6.68. The van der Waals surface area contributed by atoms with Gasteiger partial charge in [-0.25, -0.2) is 4.79 Å². The minimum absolute atomic E-state index is 0.0400. The zero-order valence-corrected chi connectivity index (χ0v) is 15.7. The van der Waals surface area contributed by atoms with Gasteiger partial charge in [-0.05, 0) is 36.5 Å². The van der Waals surface area contributed by atoms with E-state index in [9.17, 15) is 14.9 Å². The molecule has 3 heterocycles. The van der Waals surface area contributed by atoms with Crippen molar-refractivity contribution in [2.75, 3.05) is 20.2 Å². The van der Waals surface area contributed by atoms with E-state index < -0.39 is 11.4 Å². The van der Waals surface area contributed by atoms with E-state index in [0.717, 1.165) is 24.2 Å². The Kier molecular flexibility index (Phi) is 3.72. The number of aromatic amines is 1. The van der Waals surface area contributed by atoms with Crippen molar-refractivity contribution in [3.63, 3.8) is 0 Å². The van der Waals surface area contributed by atoms with Gasteiger partial charge >= 0.3 is 5.97 Å². The van der Waals surface area contributed by atoms with Gasteiger partial charge in [0.05, 0.1) is 24.6 Å². The molecule has 0 amide bonds. The number of nitrogens with zero attached hydrogens (tertiary/aromatic N) is 2. The van der Waals surface area contributed by atoms with E-state index in [4.69, 9.17) is 4.74 Å². The molecule has 1 N–H and O–H groups in total. The summed E-state index contributed by atoms with van der Waals surface area (Å²) < 4.78 is 4.90. The minimum atomic E-state index is -0.780. The maximum atomic E-state index is 12.6. The second-order valence-electron chi connectivity index (χ2n) is 7.97. The molecule has 0 saturated carbocycles. The fraction of sp³-hybridized carbons (Fsp3) is 0.409. The number of hydrogen-bond donors (Lipinski definition) is 1. The highest BCUT2D eigenvalue weighted by molar-refractivity contribution is 6.18. The lowest BCUT2D eigenvalue weighted by Gasteiger charge is -2.49. The monoisotopic (exact) mass is 375 g/mol. The smallest absolute Gasteiger partial charge is 0.341 e. The summed E-state index contributed by atoms with van der Waals surface area (Å²) in [5.74, 6) is -0.811. The number of fused-ring (bicyclic) bond motifs is 6. The standard InChI is InChI=1S/C22H21N3O3/c1-28-21(27)19-15-10-17-20-14(13-4-2-3-5-16(13)24-20)7-9-25(17)12-22(15,11-23)8-6-18(19)26/h2-5,17,24H,6-10,12H2,1H3/t17-,22-/m0/s1. The minimum Gasteiger partial charge on any atom is -0.465 e. The highest BCUT2D eigenvalue weighted by atomic mass is 16.5. The lowest BCUT2D eigenvalue weighted by molar-refractivity contribution is -0.138. The lowest BCUT2D eigenvalue weighted by atomic mass is 9.64. The second-order valence-corrected chi connectivity index (χ2v) is 7.97. The first-order valence-corrected chi connectivity index (χ1v) is 9.68. The van der Waals surface area contributed by atoms with Gasteiger partial charge in [0, 0.05) is 36.1 Å². The molecular formula is C22H21N3O3. The summed E-state index contributed by atoms with van der Waals surface area (Å²) in [6.07, 6.45) is 2.13. The van der Waals surface area contributed by atoms with E-state index in [2.05, 4.69) is 28.1 Å². The van der Waals surface area contributed by atoms with Gasteiger partial charge in [0.1, 0.15) is 5.57 Å². The number of ketones is 1. The van der Waals surface area contributed by atoms with Gasteiger partial charge in [0.25, 0.3) is 0 Å². The Labute approximate surface area is 162 Å². The highest BCUT2D eigenvalue weighted by Gasteiger charge is 2.51. The summed E-state index contributed by atoms with van der Waals surface area (Å²) in [4.78, 5) is 30.9. The Morgan fingerprint density at radius 3 is 2.96 bits per heavy atom.